The van der Waals surface area contributed by atoms with Crippen molar-refractivity contribution in [3.8, 4) is 17.6 Å². The molecule has 0 fully saturated rings. The predicted octanol–water partition coefficient (Wildman–Crippen LogP) is 6.19. The zero-order chi connectivity index (χ0) is 23.7. The highest BCUT2D eigenvalue weighted by Crippen LogP contribution is 2.46. The van der Waals surface area contributed by atoms with Crippen LogP contribution in [0, 0.1) is 11.3 Å². The molecule has 4 aromatic rings. The average Bonchev–Trinajstić information content (AvgIpc) is 2.88. The Morgan fingerprint density at radius 3 is 2.50 bits per heavy atom. The van der Waals surface area contributed by atoms with E-state index in [-0.39, 0.29) is 5.88 Å². The number of amides is 1. The lowest BCUT2D eigenvalue weighted by Crippen LogP contribution is -2.31. The van der Waals surface area contributed by atoms with Gasteiger partial charge >= 0.3 is 0 Å². The van der Waals surface area contributed by atoms with Gasteiger partial charge in [-0.1, -0.05) is 66.2 Å². The lowest BCUT2D eigenvalue weighted by molar-refractivity contribution is 0.0944. The van der Waals surface area contributed by atoms with Crippen LogP contribution in [0.15, 0.2) is 96.4 Å². The molecule has 1 aliphatic heterocycles. The Morgan fingerprint density at radius 1 is 1.00 bits per heavy atom. The summed E-state index contributed by atoms with van der Waals surface area (Å²) in [5, 5.41) is 15.6. The fourth-order valence-electron chi connectivity index (χ4n) is 4.30. The SMILES string of the molecule is COc1ccccc1C(=O)NC1=C(C#N)[C@H](c2ccc(Cl)cc2)c2c(ccc3ccccc23)O1. The van der Waals surface area contributed by atoms with E-state index < -0.39 is 11.8 Å². The predicted molar refractivity (Wildman–Crippen MR) is 131 cm³/mol. The maximum atomic E-state index is 13.1. The Balaban J connectivity index is 1.68. The number of fused-ring (bicyclic) bond motifs is 3. The first-order chi connectivity index (χ1) is 16.6. The van der Waals surface area contributed by atoms with Gasteiger partial charge in [-0.05, 0) is 46.7 Å². The quantitative estimate of drug-likeness (QED) is 0.389. The van der Waals surface area contributed by atoms with Crippen molar-refractivity contribution in [1.29, 1.82) is 5.26 Å². The van der Waals surface area contributed by atoms with Gasteiger partial charge in [0.2, 0.25) is 5.88 Å². The third-order valence-corrected chi connectivity index (χ3v) is 6.12. The van der Waals surface area contributed by atoms with Gasteiger partial charge in [0.1, 0.15) is 23.1 Å². The van der Waals surface area contributed by atoms with Gasteiger partial charge in [-0.25, -0.2) is 0 Å². The third-order valence-electron chi connectivity index (χ3n) is 5.87. The minimum absolute atomic E-state index is 0.0983. The summed E-state index contributed by atoms with van der Waals surface area (Å²) in [7, 11) is 1.50. The van der Waals surface area contributed by atoms with Crippen LogP contribution in [0.1, 0.15) is 27.4 Å². The lowest BCUT2D eigenvalue weighted by atomic mass is 9.81. The molecule has 1 aliphatic rings. The Hall–Kier alpha value is -4.27. The van der Waals surface area contributed by atoms with Gasteiger partial charge < -0.3 is 9.47 Å². The van der Waals surface area contributed by atoms with Gasteiger partial charge in [0.05, 0.1) is 18.6 Å². The molecule has 1 N–H and O–H groups in total. The standard InChI is InChI=1S/C28H19ClN2O3/c1-33-23-9-5-4-8-21(23)27(32)31-28-22(16-30)25(18-10-13-19(29)14-11-18)26-20-7-3-2-6-17(20)12-15-24(26)34-28/h2-15,25H,1H3,(H,31,32)/t25-/m0/s1. The number of nitrogens with one attached hydrogen (secondary N) is 1. The van der Waals surface area contributed by atoms with Crippen molar-refractivity contribution < 1.29 is 14.3 Å². The van der Waals surface area contributed by atoms with Crippen LogP contribution in [0.4, 0.5) is 0 Å². The molecule has 0 saturated carbocycles. The fourth-order valence-corrected chi connectivity index (χ4v) is 4.43. The van der Waals surface area contributed by atoms with Crippen LogP contribution in [0.2, 0.25) is 5.02 Å². The Morgan fingerprint density at radius 2 is 1.74 bits per heavy atom. The average molecular weight is 467 g/mol. The van der Waals surface area contributed by atoms with E-state index in [1.165, 1.54) is 7.11 Å². The van der Waals surface area contributed by atoms with E-state index in [4.69, 9.17) is 21.1 Å². The van der Waals surface area contributed by atoms with Gasteiger partial charge in [0.15, 0.2) is 0 Å². The summed E-state index contributed by atoms with van der Waals surface area (Å²) in [6.45, 7) is 0. The second-order valence-electron chi connectivity index (χ2n) is 7.79. The van der Waals surface area contributed by atoms with Crippen molar-refractivity contribution >= 4 is 28.3 Å². The Kier molecular flexibility index (Phi) is 5.67. The molecule has 4 aromatic carbocycles. The molecular formula is C28H19ClN2O3. The first kappa shape index (κ1) is 21.6. The largest absolute Gasteiger partial charge is 0.496 e. The van der Waals surface area contributed by atoms with E-state index in [9.17, 15) is 10.1 Å². The van der Waals surface area contributed by atoms with Crippen LogP contribution in [0.25, 0.3) is 10.8 Å². The summed E-state index contributed by atoms with van der Waals surface area (Å²) < 4.78 is 11.5. The molecule has 0 radical (unpaired) electrons. The number of carbonyl (C=O) groups excluding carboxylic acids is 1. The number of allylic oxidation sites excluding steroid dienone is 1. The van der Waals surface area contributed by atoms with E-state index in [0.717, 1.165) is 21.9 Å². The number of rotatable bonds is 4. The summed E-state index contributed by atoms with van der Waals surface area (Å²) >= 11 is 6.14. The van der Waals surface area contributed by atoms with E-state index in [1.807, 2.05) is 48.5 Å². The van der Waals surface area contributed by atoms with Gasteiger partial charge in [-0.2, -0.15) is 5.26 Å². The van der Waals surface area contributed by atoms with Gasteiger partial charge in [0, 0.05) is 10.6 Å². The zero-order valence-electron chi connectivity index (χ0n) is 18.2. The summed E-state index contributed by atoms with van der Waals surface area (Å²) in [5.41, 5.74) is 2.37. The van der Waals surface area contributed by atoms with E-state index >= 15 is 0 Å². The molecule has 0 bridgehead atoms. The van der Waals surface area contributed by atoms with E-state index in [2.05, 4.69) is 11.4 Å². The van der Waals surface area contributed by atoms with Crippen LogP contribution >= 0.6 is 11.6 Å². The minimum Gasteiger partial charge on any atom is -0.496 e. The molecule has 5 nitrogen and oxygen atoms in total. The normalized spacial score (nSPS) is 14.7. The number of nitriles is 1. The first-order valence-electron chi connectivity index (χ1n) is 10.6. The molecule has 6 heteroatoms. The maximum absolute atomic E-state index is 13.1. The number of methoxy groups -OCH3 is 1. The molecule has 1 heterocycles. The molecule has 0 aromatic heterocycles. The molecule has 34 heavy (non-hydrogen) atoms. The third kappa shape index (κ3) is 3.75. The number of benzene rings is 4. The van der Waals surface area contributed by atoms with Crippen molar-refractivity contribution in [2.45, 2.75) is 5.92 Å². The zero-order valence-corrected chi connectivity index (χ0v) is 19.0. The monoisotopic (exact) mass is 466 g/mol. The van der Waals surface area contributed by atoms with Crippen molar-refractivity contribution in [3.05, 3.63) is 118 Å². The second kappa shape index (κ2) is 8.93. The van der Waals surface area contributed by atoms with E-state index in [1.54, 1.807) is 36.4 Å². The molecule has 1 amide bonds. The molecule has 166 valence electrons. The highest BCUT2D eigenvalue weighted by Gasteiger charge is 2.34. The van der Waals surface area contributed by atoms with Gasteiger partial charge in [-0.15, -0.1) is 0 Å². The first-order valence-corrected chi connectivity index (χ1v) is 11.0. The van der Waals surface area contributed by atoms with E-state index in [0.29, 0.717) is 27.7 Å². The van der Waals surface area contributed by atoms with Crippen LogP contribution < -0.4 is 14.8 Å². The number of hydrogen-bond acceptors (Lipinski definition) is 4. The van der Waals surface area contributed by atoms with Crippen molar-refractivity contribution in [1.82, 2.24) is 5.32 Å². The molecular weight excluding hydrogens is 448 g/mol. The van der Waals surface area contributed by atoms with Crippen LogP contribution in [-0.2, 0) is 0 Å². The molecule has 0 unspecified atom stereocenters. The number of hydrogen-bond donors (Lipinski definition) is 1. The van der Waals surface area contributed by atoms with Crippen LogP contribution in [0.3, 0.4) is 0 Å². The Labute approximate surface area is 201 Å². The number of carbonyl (C=O) groups is 1. The van der Waals surface area contributed by atoms with Crippen LogP contribution in [0.5, 0.6) is 11.5 Å². The molecule has 5 rings (SSSR count). The number of ether oxygens (including phenoxy) is 2. The van der Waals surface area contributed by atoms with Gasteiger partial charge in [-0.3, -0.25) is 10.1 Å². The smallest absolute Gasteiger partial charge is 0.261 e. The number of halogens is 1. The summed E-state index contributed by atoms with van der Waals surface area (Å²) in [6.07, 6.45) is 0. The van der Waals surface area contributed by atoms with Crippen molar-refractivity contribution in [3.63, 3.8) is 0 Å². The topological polar surface area (TPSA) is 71.3 Å². The number of nitrogens with zero attached hydrogens (tertiary/aromatic N) is 1. The minimum atomic E-state index is -0.454. The summed E-state index contributed by atoms with van der Waals surface area (Å²) in [5.74, 6) is 0.217. The van der Waals surface area contributed by atoms with Crippen molar-refractivity contribution in [2.24, 2.45) is 0 Å². The van der Waals surface area contributed by atoms with Crippen molar-refractivity contribution in [2.75, 3.05) is 7.11 Å². The van der Waals surface area contributed by atoms with Gasteiger partial charge in [0.25, 0.3) is 5.91 Å². The maximum Gasteiger partial charge on any atom is 0.261 e. The second-order valence-corrected chi connectivity index (χ2v) is 8.23. The summed E-state index contributed by atoms with van der Waals surface area (Å²) in [6, 6.07) is 28.3. The molecule has 0 aliphatic carbocycles. The molecule has 1 atom stereocenters. The molecule has 0 saturated heterocycles. The highest BCUT2D eigenvalue weighted by molar-refractivity contribution is 6.30. The number of para-hydroxylation sites is 1. The molecule has 0 spiro atoms. The highest BCUT2D eigenvalue weighted by atomic mass is 35.5. The van der Waals surface area contributed by atoms with Crippen LogP contribution in [-0.4, -0.2) is 13.0 Å². The lowest BCUT2D eigenvalue weighted by Gasteiger charge is -2.29. The Bertz CT molecular complexity index is 1490. The fraction of sp³-hybridized carbons (Fsp3) is 0.0714. The summed E-state index contributed by atoms with van der Waals surface area (Å²) in [4.78, 5) is 13.1.